The summed E-state index contributed by atoms with van der Waals surface area (Å²) in [5, 5.41) is 5.78. The van der Waals surface area contributed by atoms with E-state index in [9.17, 15) is 4.79 Å². The van der Waals surface area contributed by atoms with Crippen molar-refractivity contribution in [1.82, 2.24) is 15.2 Å². The first-order valence-electron chi connectivity index (χ1n) is 10.3. The maximum absolute atomic E-state index is 12.0. The number of morpholine rings is 1. The zero-order chi connectivity index (χ0) is 18.9. The predicted molar refractivity (Wildman–Crippen MR) is 108 cm³/mol. The minimum atomic E-state index is -0.164. The molecule has 0 saturated carbocycles. The van der Waals surface area contributed by atoms with Crippen molar-refractivity contribution in [3.05, 3.63) is 18.3 Å². The molecular weight excluding hydrogens is 342 g/mol. The molecule has 2 aliphatic heterocycles. The summed E-state index contributed by atoms with van der Waals surface area (Å²) < 4.78 is 5.35. The SMILES string of the molecule is CC1CCCN(CCCCNC(=O)Nc2ccc(N3CCOCC3)nc2)C1. The summed E-state index contributed by atoms with van der Waals surface area (Å²) >= 11 is 0. The molecule has 2 fully saturated rings. The molecule has 3 rings (SSSR count). The van der Waals surface area contributed by atoms with Gasteiger partial charge in [0.05, 0.1) is 25.1 Å². The van der Waals surface area contributed by atoms with E-state index >= 15 is 0 Å². The van der Waals surface area contributed by atoms with Gasteiger partial charge in [-0.15, -0.1) is 0 Å². The van der Waals surface area contributed by atoms with E-state index in [-0.39, 0.29) is 6.03 Å². The monoisotopic (exact) mass is 375 g/mol. The summed E-state index contributed by atoms with van der Waals surface area (Å²) in [7, 11) is 0. The van der Waals surface area contributed by atoms with E-state index in [1.54, 1.807) is 6.20 Å². The Balaban J connectivity index is 1.29. The number of ether oxygens (including phenoxy) is 1. The first kappa shape index (κ1) is 19.9. The summed E-state index contributed by atoms with van der Waals surface area (Å²) in [6, 6.07) is 3.68. The van der Waals surface area contributed by atoms with Crippen LogP contribution in [0.25, 0.3) is 0 Å². The number of piperidine rings is 1. The lowest BCUT2D eigenvalue weighted by molar-refractivity contribution is 0.122. The Morgan fingerprint density at radius 1 is 1.26 bits per heavy atom. The maximum Gasteiger partial charge on any atom is 0.319 e. The van der Waals surface area contributed by atoms with E-state index in [2.05, 4.69) is 32.3 Å². The van der Waals surface area contributed by atoms with Crippen molar-refractivity contribution in [2.24, 2.45) is 5.92 Å². The van der Waals surface area contributed by atoms with E-state index in [1.165, 1.54) is 25.9 Å². The molecule has 7 nitrogen and oxygen atoms in total. The third-order valence-electron chi connectivity index (χ3n) is 5.27. The highest BCUT2D eigenvalue weighted by molar-refractivity contribution is 5.89. The number of anilines is 2. The molecule has 0 radical (unpaired) electrons. The Morgan fingerprint density at radius 2 is 2.11 bits per heavy atom. The lowest BCUT2D eigenvalue weighted by Gasteiger charge is -2.30. The second-order valence-corrected chi connectivity index (χ2v) is 7.64. The summed E-state index contributed by atoms with van der Waals surface area (Å²) in [5.74, 6) is 1.75. The molecule has 150 valence electrons. The first-order chi connectivity index (χ1) is 13.2. The van der Waals surface area contributed by atoms with Crippen LogP contribution in [-0.4, -0.2) is 68.4 Å². The van der Waals surface area contributed by atoms with Crippen LogP contribution in [0.15, 0.2) is 18.3 Å². The molecule has 0 bridgehead atoms. The van der Waals surface area contributed by atoms with Crippen LogP contribution in [0, 0.1) is 5.92 Å². The van der Waals surface area contributed by atoms with Gasteiger partial charge in [0.15, 0.2) is 0 Å². The second-order valence-electron chi connectivity index (χ2n) is 7.64. The Morgan fingerprint density at radius 3 is 2.85 bits per heavy atom. The Labute approximate surface area is 162 Å². The van der Waals surface area contributed by atoms with Crippen molar-refractivity contribution in [1.29, 1.82) is 0 Å². The Kier molecular flexibility index (Phi) is 7.71. The molecule has 7 heteroatoms. The van der Waals surface area contributed by atoms with Crippen LogP contribution in [0.5, 0.6) is 0 Å². The van der Waals surface area contributed by atoms with Crippen LogP contribution in [0.1, 0.15) is 32.6 Å². The van der Waals surface area contributed by atoms with Crippen molar-refractivity contribution >= 4 is 17.5 Å². The number of unbranched alkanes of at least 4 members (excludes halogenated alkanes) is 1. The number of nitrogens with one attached hydrogen (secondary N) is 2. The number of amides is 2. The second kappa shape index (κ2) is 10.5. The van der Waals surface area contributed by atoms with Crippen LogP contribution in [-0.2, 0) is 4.74 Å². The van der Waals surface area contributed by atoms with Gasteiger partial charge < -0.3 is 25.2 Å². The molecule has 2 N–H and O–H groups in total. The zero-order valence-corrected chi connectivity index (χ0v) is 16.5. The summed E-state index contributed by atoms with van der Waals surface area (Å²) in [4.78, 5) is 21.2. The number of likely N-dealkylation sites (tertiary alicyclic amines) is 1. The van der Waals surface area contributed by atoms with Gasteiger partial charge in [-0.05, 0) is 56.8 Å². The fraction of sp³-hybridized carbons (Fsp3) is 0.700. The molecule has 1 aromatic heterocycles. The Hall–Kier alpha value is -1.86. The lowest BCUT2D eigenvalue weighted by atomic mass is 10.0. The number of hydrogen-bond donors (Lipinski definition) is 2. The van der Waals surface area contributed by atoms with Gasteiger partial charge in [0, 0.05) is 26.2 Å². The highest BCUT2D eigenvalue weighted by Crippen LogP contribution is 2.16. The van der Waals surface area contributed by atoms with Crippen molar-refractivity contribution < 1.29 is 9.53 Å². The average Bonchev–Trinajstić information content (AvgIpc) is 2.69. The van der Waals surface area contributed by atoms with Gasteiger partial charge in [-0.2, -0.15) is 0 Å². The normalized spacial score (nSPS) is 21.1. The van der Waals surface area contributed by atoms with Gasteiger partial charge in [0.1, 0.15) is 5.82 Å². The minimum Gasteiger partial charge on any atom is -0.378 e. The van der Waals surface area contributed by atoms with E-state index in [4.69, 9.17) is 4.74 Å². The molecule has 1 atom stereocenters. The van der Waals surface area contributed by atoms with Gasteiger partial charge in [-0.1, -0.05) is 6.92 Å². The average molecular weight is 376 g/mol. The number of rotatable bonds is 7. The number of carbonyl (C=O) groups excluding carboxylic acids is 1. The summed E-state index contributed by atoms with van der Waals surface area (Å²) in [5.41, 5.74) is 0.715. The van der Waals surface area contributed by atoms with E-state index in [0.717, 1.165) is 57.4 Å². The van der Waals surface area contributed by atoms with E-state index in [0.29, 0.717) is 12.2 Å². The standard InChI is InChI=1S/C20H33N5O2/c1-17-5-4-10-24(16-17)9-3-2-8-21-20(26)23-18-6-7-19(22-15-18)25-11-13-27-14-12-25/h6-7,15,17H,2-5,8-14,16H2,1H3,(H2,21,23,26). The van der Waals surface area contributed by atoms with E-state index < -0.39 is 0 Å². The molecule has 2 aliphatic rings. The fourth-order valence-electron chi connectivity index (χ4n) is 3.77. The number of carbonyl (C=O) groups is 1. The Bertz CT molecular complexity index is 574. The van der Waals surface area contributed by atoms with Crippen LogP contribution < -0.4 is 15.5 Å². The third kappa shape index (κ3) is 6.66. The van der Waals surface area contributed by atoms with Crippen molar-refractivity contribution in [2.75, 3.05) is 62.7 Å². The van der Waals surface area contributed by atoms with Gasteiger partial charge >= 0.3 is 6.03 Å². The quantitative estimate of drug-likeness (QED) is 0.717. The van der Waals surface area contributed by atoms with Crippen LogP contribution in [0.4, 0.5) is 16.3 Å². The zero-order valence-electron chi connectivity index (χ0n) is 16.5. The molecule has 2 amide bonds. The fourth-order valence-corrected chi connectivity index (χ4v) is 3.77. The molecular formula is C20H33N5O2. The maximum atomic E-state index is 12.0. The minimum absolute atomic E-state index is 0.164. The smallest absolute Gasteiger partial charge is 0.319 e. The molecule has 0 aliphatic carbocycles. The lowest BCUT2D eigenvalue weighted by Crippen LogP contribution is -2.36. The summed E-state index contributed by atoms with van der Waals surface area (Å²) in [6.07, 6.45) is 6.53. The number of urea groups is 1. The highest BCUT2D eigenvalue weighted by atomic mass is 16.5. The first-order valence-corrected chi connectivity index (χ1v) is 10.3. The van der Waals surface area contributed by atoms with Gasteiger partial charge in [0.2, 0.25) is 0 Å². The molecule has 1 aromatic rings. The molecule has 0 aromatic carbocycles. The van der Waals surface area contributed by atoms with Crippen molar-refractivity contribution in [2.45, 2.75) is 32.6 Å². The molecule has 0 spiro atoms. The molecule has 2 saturated heterocycles. The van der Waals surface area contributed by atoms with Gasteiger partial charge in [0.25, 0.3) is 0 Å². The van der Waals surface area contributed by atoms with Crippen LogP contribution in [0.2, 0.25) is 0 Å². The predicted octanol–water partition coefficient (Wildman–Crippen LogP) is 2.55. The third-order valence-corrected chi connectivity index (χ3v) is 5.27. The number of aromatic nitrogens is 1. The van der Waals surface area contributed by atoms with Crippen LogP contribution >= 0.6 is 0 Å². The van der Waals surface area contributed by atoms with E-state index in [1.807, 2.05) is 12.1 Å². The largest absolute Gasteiger partial charge is 0.378 e. The topological polar surface area (TPSA) is 69.7 Å². The van der Waals surface area contributed by atoms with Gasteiger partial charge in [-0.25, -0.2) is 9.78 Å². The number of nitrogens with zero attached hydrogens (tertiary/aromatic N) is 3. The molecule has 1 unspecified atom stereocenters. The molecule has 3 heterocycles. The van der Waals surface area contributed by atoms with Crippen molar-refractivity contribution in [3.63, 3.8) is 0 Å². The summed E-state index contributed by atoms with van der Waals surface area (Å²) in [6.45, 7) is 9.82. The molecule has 27 heavy (non-hydrogen) atoms. The number of hydrogen-bond acceptors (Lipinski definition) is 5. The number of pyridine rings is 1. The van der Waals surface area contributed by atoms with Crippen molar-refractivity contribution in [3.8, 4) is 0 Å². The van der Waals surface area contributed by atoms with Gasteiger partial charge in [-0.3, -0.25) is 0 Å². The highest BCUT2D eigenvalue weighted by Gasteiger charge is 2.15. The van der Waals surface area contributed by atoms with Crippen LogP contribution in [0.3, 0.4) is 0 Å².